The predicted molar refractivity (Wildman–Crippen MR) is 442 cm³/mol. The number of aliphatic hydroxyl groups is 2. The third-order valence-corrected chi connectivity index (χ3v) is 27.2. The number of imidazole rings is 4. The number of aliphatic carboxylic acids is 1. The molecule has 4 aliphatic carbocycles. The van der Waals surface area contributed by atoms with Crippen molar-refractivity contribution >= 4 is 105 Å². The molecule has 0 spiro atoms. The van der Waals surface area contributed by atoms with Crippen LogP contribution in [-0.4, -0.2) is 179 Å². The van der Waals surface area contributed by atoms with Gasteiger partial charge in [0.25, 0.3) is 23.6 Å². The van der Waals surface area contributed by atoms with E-state index in [1.807, 2.05) is 70.7 Å². The van der Waals surface area contributed by atoms with Crippen molar-refractivity contribution in [2.24, 2.45) is 51.9 Å². The minimum atomic E-state index is -0.688. The normalized spacial score (nSPS) is 22.6. The summed E-state index contributed by atoms with van der Waals surface area (Å²) in [6.45, 7) is 8.05. The van der Waals surface area contributed by atoms with Gasteiger partial charge in [0, 0.05) is 176 Å². The van der Waals surface area contributed by atoms with E-state index in [1.165, 1.54) is 7.11 Å². The number of ether oxygens (including phenoxy) is 1. The van der Waals surface area contributed by atoms with E-state index in [2.05, 4.69) is 40.9 Å². The highest BCUT2D eigenvalue weighted by molar-refractivity contribution is 6.41. The van der Waals surface area contributed by atoms with Crippen LogP contribution < -0.4 is 21.3 Å². The number of aliphatic hydroxyl groups excluding tert-OH is 2. The second-order valence-corrected chi connectivity index (χ2v) is 34.2. The topological polar surface area (TPSA) is 305 Å². The number of benzene rings is 4. The first kappa shape index (κ1) is 81.6. The molecule has 4 aromatic heterocycles. The zero-order chi connectivity index (χ0) is 80.6. The SMILES string of the molecule is COC(=O)C1CCC(CN2CCc3c(nc(C(=O)Nc4cccc(-c5cccc(NC(=O)c6nc7c(n6C)CCN(C6CCC(O)CC6)C7)c5Cl)c4Cl)n3C)C2)CC1.Cn1c(C(=O)Nc2cccc(-c3cccc(NC(=O)c4nc5c(n4C)CCN(C4CCC(O)CC4)C5)c3Cl)c2Cl)nc2c1CCN(CC1CCC(C(=O)O)CC1)C2. The van der Waals surface area contributed by atoms with E-state index >= 15 is 0 Å². The first-order chi connectivity index (χ1) is 55.4. The molecule has 0 unspecified atom stereocenters. The Morgan fingerprint density at radius 3 is 0.983 bits per heavy atom. The highest BCUT2D eigenvalue weighted by Crippen LogP contribution is 2.44. The van der Waals surface area contributed by atoms with Gasteiger partial charge in [-0.1, -0.05) is 94.9 Å². The minimum absolute atomic E-state index is 0.00965. The van der Waals surface area contributed by atoms with E-state index in [0.717, 1.165) is 213 Å². The first-order valence-electron chi connectivity index (χ1n) is 40.6. The predicted octanol–water partition coefficient (Wildman–Crippen LogP) is 13.2. The molecule has 610 valence electrons. The summed E-state index contributed by atoms with van der Waals surface area (Å²) in [5.41, 5.74) is 11.8. The van der Waals surface area contributed by atoms with Gasteiger partial charge in [0.05, 0.1) is 96.8 Å². The fourth-order valence-electron chi connectivity index (χ4n) is 19.0. The molecule has 0 bridgehead atoms. The molecule has 4 fully saturated rings. The number of esters is 1. The van der Waals surface area contributed by atoms with Crippen LogP contribution in [0.2, 0.25) is 20.1 Å². The smallest absolute Gasteiger partial charge is 0.308 e. The number of rotatable bonds is 18. The van der Waals surface area contributed by atoms with Gasteiger partial charge in [-0.3, -0.25) is 48.4 Å². The van der Waals surface area contributed by atoms with Crippen LogP contribution in [0.3, 0.4) is 0 Å². The summed E-state index contributed by atoms with van der Waals surface area (Å²) in [4.78, 5) is 107. The number of methoxy groups -OCH3 is 1. The maximum Gasteiger partial charge on any atom is 0.308 e. The number of nitrogens with zero attached hydrogens (tertiary/aromatic N) is 12. The van der Waals surface area contributed by atoms with Crippen molar-refractivity contribution in [2.45, 2.75) is 179 Å². The molecule has 0 saturated heterocycles. The van der Waals surface area contributed by atoms with Crippen molar-refractivity contribution in [1.82, 2.24) is 57.8 Å². The van der Waals surface area contributed by atoms with Crippen LogP contribution in [0.5, 0.6) is 0 Å². The van der Waals surface area contributed by atoms with Crippen molar-refractivity contribution in [2.75, 3.05) is 67.6 Å². The zero-order valence-electron chi connectivity index (χ0n) is 65.8. The Balaban J connectivity index is 0.000000181. The van der Waals surface area contributed by atoms with E-state index in [9.17, 15) is 44.1 Å². The lowest BCUT2D eigenvalue weighted by atomic mass is 9.81. The van der Waals surface area contributed by atoms with Gasteiger partial charge in [-0.05, 0) is 139 Å². The van der Waals surface area contributed by atoms with Crippen molar-refractivity contribution in [3.8, 4) is 22.3 Å². The molecular weight excluding hydrogens is 1550 g/mol. The third kappa shape index (κ3) is 17.6. The van der Waals surface area contributed by atoms with Crippen molar-refractivity contribution in [3.05, 3.63) is 162 Å². The number of anilines is 4. The lowest BCUT2D eigenvalue weighted by Crippen LogP contribution is -2.42. The third-order valence-electron chi connectivity index (χ3n) is 25.6. The number of hydrogen-bond donors (Lipinski definition) is 7. The summed E-state index contributed by atoms with van der Waals surface area (Å²) in [5, 5.41) is 42.4. The lowest BCUT2D eigenvalue weighted by Gasteiger charge is -2.37. The van der Waals surface area contributed by atoms with Gasteiger partial charge in [0.1, 0.15) is 0 Å². The Hall–Kier alpha value is -8.54. The molecule has 16 rings (SSSR count). The number of halogens is 4. The standard InChI is InChI=1S/C43H52Cl2N8O5.C42H50Cl2N8O5/c1-50-35-18-20-52(22-25-10-12-26(13-11-25)43(57)58-3)23-33(35)46-39(50)41(55)48-31-8-4-6-29(37(31)44)30-7-5-9-32(38(30)45)49-42(56)40-47-34-24-53(21-19-36(34)51(40)2)27-14-16-28(54)17-15-27;1-49-34-17-19-51(21-24-9-11-25(12-10-24)42(56)57)22-32(34)45-38(49)40(54)47-30-7-3-5-28(36(30)43)29-6-4-8-31(37(29)44)48-41(55)39-46-33-23-52(20-18-35(33)50(39)2)26-13-15-27(53)16-14-26/h4-9,25-28,54H,10-24H2,1-3H3,(H,48,55)(H,49,56);3-8,24-27,53H,9-23H2,1-2H3,(H,47,54)(H,48,55)(H,56,57). The van der Waals surface area contributed by atoms with E-state index in [4.69, 9.17) is 71.1 Å². The van der Waals surface area contributed by atoms with Crippen LogP contribution in [0.25, 0.3) is 22.3 Å². The van der Waals surface area contributed by atoms with Gasteiger partial charge in [0.15, 0.2) is 23.3 Å². The molecule has 4 aromatic carbocycles. The van der Waals surface area contributed by atoms with Crippen LogP contribution in [0.15, 0.2) is 72.8 Å². The maximum atomic E-state index is 13.8. The van der Waals surface area contributed by atoms with Gasteiger partial charge in [-0.2, -0.15) is 0 Å². The Bertz CT molecular complexity index is 5000. The van der Waals surface area contributed by atoms with Crippen LogP contribution >= 0.6 is 46.4 Å². The summed E-state index contributed by atoms with van der Waals surface area (Å²) in [6.07, 6.45) is 17.0. The van der Waals surface area contributed by atoms with Crippen LogP contribution in [0.1, 0.15) is 191 Å². The van der Waals surface area contributed by atoms with Gasteiger partial charge in [-0.25, -0.2) is 19.9 Å². The Kier molecular flexibility index (Phi) is 25.1. The molecule has 30 heteroatoms. The van der Waals surface area contributed by atoms with Crippen molar-refractivity contribution in [1.29, 1.82) is 0 Å². The molecule has 115 heavy (non-hydrogen) atoms. The van der Waals surface area contributed by atoms with Crippen LogP contribution in [0, 0.1) is 23.7 Å². The van der Waals surface area contributed by atoms with Gasteiger partial charge >= 0.3 is 11.9 Å². The molecule has 4 aliphatic heterocycles. The number of nitrogens with one attached hydrogen (secondary N) is 4. The molecule has 26 nitrogen and oxygen atoms in total. The first-order valence-corrected chi connectivity index (χ1v) is 42.1. The summed E-state index contributed by atoms with van der Waals surface area (Å²) >= 11 is 27.9. The highest BCUT2D eigenvalue weighted by atomic mass is 35.5. The van der Waals surface area contributed by atoms with Gasteiger partial charge in [-0.15, -0.1) is 0 Å². The summed E-state index contributed by atoms with van der Waals surface area (Å²) in [6, 6.07) is 22.3. The summed E-state index contributed by atoms with van der Waals surface area (Å²) in [7, 11) is 8.95. The van der Waals surface area contributed by atoms with Crippen LogP contribution in [-0.2, 0) is 94.4 Å². The Labute approximate surface area is 689 Å². The molecule has 8 heterocycles. The van der Waals surface area contributed by atoms with Crippen molar-refractivity contribution < 1.29 is 48.8 Å². The fraction of sp³-hybridized carbons (Fsp3) is 0.506. The number of hydrogen-bond acceptors (Lipinski definition) is 17. The second kappa shape index (κ2) is 35.3. The molecule has 8 aromatic rings. The molecule has 4 saturated carbocycles. The average molecular weight is 1650 g/mol. The van der Waals surface area contributed by atoms with E-state index in [1.54, 1.807) is 48.5 Å². The Morgan fingerprint density at radius 1 is 0.400 bits per heavy atom. The number of carboxylic acids is 1. The number of carbonyl (C=O) groups is 6. The largest absolute Gasteiger partial charge is 0.481 e. The monoisotopic (exact) mass is 1650 g/mol. The Morgan fingerprint density at radius 2 is 0.687 bits per heavy atom. The summed E-state index contributed by atoms with van der Waals surface area (Å²) in [5.74, 6) is -0.247. The minimum Gasteiger partial charge on any atom is -0.481 e. The second-order valence-electron chi connectivity index (χ2n) is 32.7. The highest BCUT2D eigenvalue weighted by Gasteiger charge is 2.38. The number of aromatic nitrogens is 8. The zero-order valence-corrected chi connectivity index (χ0v) is 68.9. The lowest BCUT2D eigenvalue weighted by molar-refractivity contribution is -0.147. The molecule has 8 aliphatic rings. The maximum absolute atomic E-state index is 13.8. The fourth-order valence-corrected chi connectivity index (χ4v) is 20.1. The average Bonchev–Trinajstić information content (AvgIpc) is 1.66. The van der Waals surface area contributed by atoms with Gasteiger partial charge in [0.2, 0.25) is 0 Å². The van der Waals surface area contributed by atoms with Crippen molar-refractivity contribution in [3.63, 3.8) is 0 Å². The van der Waals surface area contributed by atoms with Crippen LogP contribution in [0.4, 0.5) is 22.7 Å². The number of carboxylic acid groups (broad SMARTS) is 1. The molecule has 4 amide bonds. The van der Waals surface area contributed by atoms with Gasteiger partial charge < -0.3 is 59.6 Å². The number of amides is 4. The molecular formula is C85H102Cl4N16O10. The van der Waals surface area contributed by atoms with E-state index < -0.39 is 5.97 Å². The molecule has 0 atom stereocenters. The number of fused-ring (bicyclic) bond motifs is 4. The van der Waals surface area contributed by atoms with E-state index in [-0.39, 0.29) is 53.6 Å². The molecule has 0 radical (unpaired) electrons. The summed E-state index contributed by atoms with van der Waals surface area (Å²) < 4.78 is 12.4. The van der Waals surface area contributed by atoms with E-state index in [0.29, 0.717) is 138 Å². The molecule has 7 N–H and O–H groups in total. The number of carbonyl (C=O) groups excluding carboxylic acids is 5. The quantitative estimate of drug-likeness (QED) is 0.0393.